The summed E-state index contributed by atoms with van der Waals surface area (Å²) in [6.07, 6.45) is -0.0359. The van der Waals surface area contributed by atoms with Crippen LogP contribution < -0.4 is 5.48 Å². The molecule has 2 rings (SSSR count). The second-order valence-corrected chi connectivity index (χ2v) is 2.68. The van der Waals surface area contributed by atoms with Crippen molar-refractivity contribution in [3.63, 3.8) is 0 Å². The van der Waals surface area contributed by atoms with E-state index in [0.29, 0.717) is 5.90 Å². The van der Waals surface area contributed by atoms with Gasteiger partial charge in [-0.3, -0.25) is 0 Å². The molecule has 1 N–H and O–H groups in total. The van der Waals surface area contributed by atoms with E-state index in [1.165, 1.54) is 0 Å². The summed E-state index contributed by atoms with van der Waals surface area (Å²) in [5.41, 5.74) is 3.94. The fourth-order valence-corrected chi connectivity index (χ4v) is 1.15. The van der Waals surface area contributed by atoms with E-state index in [9.17, 15) is 0 Å². The van der Waals surface area contributed by atoms with Crippen molar-refractivity contribution in [1.82, 2.24) is 5.48 Å². The van der Waals surface area contributed by atoms with Crippen LogP contribution in [0, 0.1) is 0 Å². The molecular weight excluding hydrogens is 152 g/mol. The van der Waals surface area contributed by atoms with Crippen molar-refractivity contribution in [2.45, 2.75) is 13.1 Å². The molecule has 0 radical (unpaired) electrons. The number of hydrogen-bond donors (Lipinski definition) is 1. The second-order valence-electron chi connectivity index (χ2n) is 2.68. The number of aliphatic imine (C=N–C) groups is 1. The summed E-state index contributed by atoms with van der Waals surface area (Å²) in [7, 11) is 0. The lowest BCUT2D eigenvalue weighted by Crippen LogP contribution is -2.13. The number of hydroxylamine groups is 1. The summed E-state index contributed by atoms with van der Waals surface area (Å²) >= 11 is 0. The highest BCUT2D eigenvalue weighted by Gasteiger charge is 2.16. The number of nitrogens with one attached hydrogen (secondary N) is 1. The van der Waals surface area contributed by atoms with E-state index in [1.54, 1.807) is 0 Å². The Morgan fingerprint density at radius 1 is 1.33 bits per heavy atom. The third kappa shape index (κ3) is 1.31. The molecule has 0 fully saturated rings. The molecule has 1 unspecified atom stereocenters. The predicted octanol–water partition coefficient (Wildman–Crippen LogP) is 1.64. The zero-order valence-electron chi connectivity index (χ0n) is 6.82. The minimum Gasteiger partial charge on any atom is -0.391 e. The summed E-state index contributed by atoms with van der Waals surface area (Å²) in [6.45, 7) is 1.83. The fraction of sp³-hybridized carbons (Fsp3) is 0.222. The van der Waals surface area contributed by atoms with Gasteiger partial charge in [0.05, 0.1) is 0 Å². The third-order valence-electron chi connectivity index (χ3n) is 1.74. The van der Waals surface area contributed by atoms with Crippen LogP contribution in [0.4, 0.5) is 0 Å². The largest absolute Gasteiger partial charge is 0.391 e. The Morgan fingerprint density at radius 3 is 2.67 bits per heavy atom. The molecule has 0 spiro atoms. The third-order valence-corrected chi connectivity index (χ3v) is 1.74. The second kappa shape index (κ2) is 2.95. The molecule has 3 nitrogen and oxygen atoms in total. The Labute approximate surface area is 71.0 Å². The fourth-order valence-electron chi connectivity index (χ4n) is 1.15. The summed E-state index contributed by atoms with van der Waals surface area (Å²) in [6, 6.07) is 9.99. The van der Waals surface area contributed by atoms with Gasteiger partial charge >= 0.3 is 0 Å². The van der Waals surface area contributed by atoms with Crippen LogP contribution in [-0.2, 0) is 4.84 Å². The molecule has 1 aromatic carbocycles. The van der Waals surface area contributed by atoms with Gasteiger partial charge in [0.2, 0.25) is 5.90 Å². The van der Waals surface area contributed by atoms with E-state index in [-0.39, 0.29) is 6.17 Å². The molecule has 1 atom stereocenters. The molecule has 0 aliphatic carbocycles. The quantitative estimate of drug-likeness (QED) is 0.681. The van der Waals surface area contributed by atoms with Gasteiger partial charge in [0.25, 0.3) is 0 Å². The van der Waals surface area contributed by atoms with Crippen LogP contribution in [0.1, 0.15) is 18.7 Å². The minimum absolute atomic E-state index is 0.0359. The summed E-state index contributed by atoms with van der Waals surface area (Å²) in [5, 5.41) is 0. The molecule has 0 saturated carbocycles. The number of hydrogen-bond acceptors (Lipinski definition) is 3. The van der Waals surface area contributed by atoms with Crippen molar-refractivity contribution in [2.24, 2.45) is 4.99 Å². The molecule has 62 valence electrons. The molecule has 1 aliphatic rings. The SMILES string of the molecule is CC1=NC(c2ccccc2)NO1. The lowest BCUT2D eigenvalue weighted by molar-refractivity contribution is 0.178. The lowest BCUT2D eigenvalue weighted by atomic mass is 10.2. The molecule has 0 aromatic heterocycles. The van der Waals surface area contributed by atoms with Gasteiger partial charge in [-0.15, -0.1) is 5.48 Å². The van der Waals surface area contributed by atoms with E-state index in [0.717, 1.165) is 5.56 Å². The molecular formula is C9H10N2O. The van der Waals surface area contributed by atoms with Crippen molar-refractivity contribution in [3.05, 3.63) is 35.9 Å². The maximum atomic E-state index is 5.02. The van der Waals surface area contributed by atoms with Crippen molar-refractivity contribution in [3.8, 4) is 0 Å². The standard InChI is InChI=1S/C9H10N2O/c1-7-10-9(11-12-7)8-5-3-2-4-6-8/h2-6,9,11H,1H3. The van der Waals surface area contributed by atoms with Crippen molar-refractivity contribution in [2.75, 3.05) is 0 Å². The molecule has 1 aromatic rings. The molecule has 3 heteroatoms. The van der Waals surface area contributed by atoms with Crippen LogP contribution in [0.25, 0.3) is 0 Å². The highest BCUT2D eigenvalue weighted by molar-refractivity contribution is 5.74. The first-order chi connectivity index (χ1) is 5.86. The van der Waals surface area contributed by atoms with Crippen LogP contribution in [0.2, 0.25) is 0 Å². The van der Waals surface area contributed by atoms with Crippen LogP contribution in [-0.4, -0.2) is 5.90 Å². The molecule has 0 amide bonds. The Balaban J connectivity index is 2.22. The number of nitrogens with zero attached hydrogens (tertiary/aromatic N) is 1. The van der Waals surface area contributed by atoms with Gasteiger partial charge in [-0.2, -0.15) is 0 Å². The molecule has 12 heavy (non-hydrogen) atoms. The number of rotatable bonds is 1. The average Bonchev–Trinajstić information content (AvgIpc) is 2.54. The van der Waals surface area contributed by atoms with Gasteiger partial charge in [0, 0.05) is 6.92 Å². The highest BCUT2D eigenvalue weighted by Crippen LogP contribution is 2.17. The van der Waals surface area contributed by atoms with Gasteiger partial charge in [-0.05, 0) is 5.56 Å². The first kappa shape index (κ1) is 7.31. The van der Waals surface area contributed by atoms with E-state index in [2.05, 4.69) is 10.5 Å². The van der Waals surface area contributed by atoms with E-state index < -0.39 is 0 Å². The molecule has 0 bridgehead atoms. The first-order valence-electron chi connectivity index (χ1n) is 3.88. The molecule has 1 heterocycles. The summed E-state index contributed by atoms with van der Waals surface area (Å²) in [4.78, 5) is 9.26. The number of benzene rings is 1. The van der Waals surface area contributed by atoms with Crippen molar-refractivity contribution >= 4 is 5.90 Å². The maximum absolute atomic E-state index is 5.02. The van der Waals surface area contributed by atoms with Crippen LogP contribution in [0.5, 0.6) is 0 Å². The first-order valence-corrected chi connectivity index (χ1v) is 3.88. The van der Waals surface area contributed by atoms with Gasteiger partial charge < -0.3 is 4.84 Å². The summed E-state index contributed by atoms with van der Waals surface area (Å²) in [5.74, 6) is 0.684. The van der Waals surface area contributed by atoms with Crippen molar-refractivity contribution < 1.29 is 4.84 Å². The topological polar surface area (TPSA) is 33.6 Å². The molecule has 0 saturated heterocycles. The highest BCUT2D eigenvalue weighted by atomic mass is 16.7. The minimum atomic E-state index is -0.0359. The molecule has 1 aliphatic heterocycles. The van der Waals surface area contributed by atoms with Crippen molar-refractivity contribution in [1.29, 1.82) is 0 Å². The average molecular weight is 162 g/mol. The Hall–Kier alpha value is -1.35. The van der Waals surface area contributed by atoms with Gasteiger partial charge in [0.15, 0.2) is 6.17 Å². The van der Waals surface area contributed by atoms with E-state index >= 15 is 0 Å². The van der Waals surface area contributed by atoms with E-state index in [1.807, 2.05) is 37.3 Å². The lowest BCUT2D eigenvalue weighted by Gasteiger charge is -2.04. The van der Waals surface area contributed by atoms with E-state index in [4.69, 9.17) is 4.84 Å². The van der Waals surface area contributed by atoms with Crippen LogP contribution in [0.3, 0.4) is 0 Å². The zero-order chi connectivity index (χ0) is 8.39. The normalized spacial score (nSPS) is 21.8. The van der Waals surface area contributed by atoms with Gasteiger partial charge in [0.1, 0.15) is 0 Å². The summed E-state index contributed by atoms with van der Waals surface area (Å²) < 4.78 is 0. The van der Waals surface area contributed by atoms with Gasteiger partial charge in [-0.1, -0.05) is 30.3 Å². The van der Waals surface area contributed by atoms with Gasteiger partial charge in [-0.25, -0.2) is 4.99 Å². The smallest absolute Gasteiger partial charge is 0.208 e. The van der Waals surface area contributed by atoms with Crippen LogP contribution >= 0.6 is 0 Å². The predicted molar refractivity (Wildman–Crippen MR) is 46.5 cm³/mol. The Morgan fingerprint density at radius 2 is 2.08 bits per heavy atom. The Kier molecular flexibility index (Phi) is 1.80. The zero-order valence-corrected chi connectivity index (χ0v) is 6.82. The Bertz CT molecular complexity index is 295. The monoisotopic (exact) mass is 162 g/mol. The van der Waals surface area contributed by atoms with Crippen LogP contribution in [0.15, 0.2) is 35.3 Å². The maximum Gasteiger partial charge on any atom is 0.208 e.